The van der Waals surface area contributed by atoms with E-state index in [1.54, 1.807) is 12.1 Å². The average Bonchev–Trinajstić information content (AvgIpc) is 2.58. The number of urea groups is 1. The quantitative estimate of drug-likeness (QED) is 0.665. The summed E-state index contributed by atoms with van der Waals surface area (Å²) in [5.41, 5.74) is 6.56. The van der Waals surface area contributed by atoms with E-state index in [1.165, 1.54) is 32.4 Å². The molecule has 0 spiro atoms. The van der Waals surface area contributed by atoms with Crippen molar-refractivity contribution in [2.75, 3.05) is 26.2 Å². The molecule has 23 heavy (non-hydrogen) atoms. The van der Waals surface area contributed by atoms with Crippen LogP contribution >= 0.6 is 0 Å². The van der Waals surface area contributed by atoms with Crippen LogP contribution in [0, 0.1) is 0 Å². The van der Waals surface area contributed by atoms with Crippen LogP contribution in [0.4, 0.5) is 4.79 Å². The Morgan fingerprint density at radius 3 is 2.39 bits per heavy atom. The van der Waals surface area contributed by atoms with Crippen molar-refractivity contribution < 1.29 is 9.59 Å². The molecule has 6 heteroatoms. The molecule has 4 N–H and O–H groups in total. The third-order valence-corrected chi connectivity index (χ3v) is 4.07. The summed E-state index contributed by atoms with van der Waals surface area (Å²) >= 11 is 0. The summed E-state index contributed by atoms with van der Waals surface area (Å²) in [5.74, 6) is -0.0574. The number of hydrogen-bond donors (Lipinski definition) is 3. The zero-order chi connectivity index (χ0) is 16.5. The second-order valence-corrected chi connectivity index (χ2v) is 5.93. The molecule has 0 atom stereocenters. The number of carbonyl (C=O) groups excluding carboxylic acids is 2. The third-order valence-electron chi connectivity index (χ3n) is 4.07. The SMILES string of the molecule is NC(=O)NCc1ccc(C(=O)NCCCN2CCCCC2)cc1. The van der Waals surface area contributed by atoms with Crippen LogP contribution in [0.2, 0.25) is 0 Å². The topological polar surface area (TPSA) is 87.5 Å². The van der Waals surface area contributed by atoms with Gasteiger partial charge in [0.15, 0.2) is 0 Å². The molecule has 0 bridgehead atoms. The third kappa shape index (κ3) is 6.28. The highest BCUT2D eigenvalue weighted by Gasteiger charge is 2.10. The molecule has 0 aliphatic carbocycles. The number of nitrogens with one attached hydrogen (secondary N) is 2. The van der Waals surface area contributed by atoms with E-state index in [-0.39, 0.29) is 5.91 Å². The number of nitrogens with two attached hydrogens (primary N) is 1. The van der Waals surface area contributed by atoms with E-state index in [9.17, 15) is 9.59 Å². The van der Waals surface area contributed by atoms with Gasteiger partial charge in [-0.15, -0.1) is 0 Å². The fourth-order valence-corrected chi connectivity index (χ4v) is 2.75. The zero-order valence-electron chi connectivity index (χ0n) is 13.5. The van der Waals surface area contributed by atoms with Crippen LogP contribution in [0.25, 0.3) is 0 Å². The first-order valence-electron chi connectivity index (χ1n) is 8.28. The molecule has 1 saturated heterocycles. The van der Waals surface area contributed by atoms with Gasteiger partial charge < -0.3 is 21.3 Å². The predicted molar refractivity (Wildman–Crippen MR) is 90.1 cm³/mol. The normalized spacial score (nSPS) is 15.1. The van der Waals surface area contributed by atoms with Gasteiger partial charge in [0, 0.05) is 18.7 Å². The van der Waals surface area contributed by atoms with Gasteiger partial charge in [-0.25, -0.2) is 4.79 Å². The molecule has 1 fully saturated rings. The highest BCUT2D eigenvalue weighted by molar-refractivity contribution is 5.94. The molecule has 0 aromatic heterocycles. The fourth-order valence-electron chi connectivity index (χ4n) is 2.75. The van der Waals surface area contributed by atoms with Gasteiger partial charge in [0.1, 0.15) is 0 Å². The van der Waals surface area contributed by atoms with E-state index in [2.05, 4.69) is 15.5 Å². The summed E-state index contributed by atoms with van der Waals surface area (Å²) in [4.78, 5) is 25.2. The van der Waals surface area contributed by atoms with E-state index in [1.807, 2.05) is 12.1 Å². The van der Waals surface area contributed by atoms with Crippen LogP contribution in [-0.2, 0) is 6.54 Å². The number of carbonyl (C=O) groups is 2. The van der Waals surface area contributed by atoms with Crippen molar-refractivity contribution in [1.29, 1.82) is 0 Å². The lowest BCUT2D eigenvalue weighted by Gasteiger charge is -2.26. The first-order chi connectivity index (χ1) is 11.1. The Balaban J connectivity index is 1.67. The molecule has 1 heterocycles. The number of nitrogens with zero attached hydrogens (tertiary/aromatic N) is 1. The monoisotopic (exact) mass is 318 g/mol. The molecule has 0 saturated carbocycles. The van der Waals surface area contributed by atoms with Gasteiger partial charge in [0.05, 0.1) is 0 Å². The van der Waals surface area contributed by atoms with Gasteiger partial charge in [-0.2, -0.15) is 0 Å². The summed E-state index contributed by atoms with van der Waals surface area (Å²) in [7, 11) is 0. The van der Waals surface area contributed by atoms with Gasteiger partial charge in [-0.3, -0.25) is 4.79 Å². The average molecular weight is 318 g/mol. The second-order valence-electron chi connectivity index (χ2n) is 5.93. The molecule has 0 radical (unpaired) electrons. The number of primary amides is 1. The number of benzene rings is 1. The van der Waals surface area contributed by atoms with Gasteiger partial charge in [0.25, 0.3) is 5.91 Å². The Morgan fingerprint density at radius 2 is 1.74 bits per heavy atom. The Bertz CT molecular complexity index is 510. The minimum Gasteiger partial charge on any atom is -0.352 e. The highest BCUT2D eigenvalue weighted by atomic mass is 16.2. The van der Waals surface area contributed by atoms with Crippen molar-refractivity contribution >= 4 is 11.9 Å². The van der Waals surface area contributed by atoms with Gasteiger partial charge in [-0.1, -0.05) is 18.6 Å². The van der Waals surface area contributed by atoms with Crippen LogP contribution < -0.4 is 16.4 Å². The van der Waals surface area contributed by atoms with Crippen LogP contribution in [-0.4, -0.2) is 43.0 Å². The lowest BCUT2D eigenvalue weighted by Crippen LogP contribution is -2.33. The summed E-state index contributed by atoms with van der Waals surface area (Å²) < 4.78 is 0. The van der Waals surface area contributed by atoms with Crippen LogP contribution in [0.3, 0.4) is 0 Å². The first-order valence-corrected chi connectivity index (χ1v) is 8.28. The number of piperidine rings is 1. The van der Waals surface area contributed by atoms with Gasteiger partial charge in [-0.05, 0) is 56.6 Å². The molecular weight excluding hydrogens is 292 g/mol. The lowest BCUT2D eigenvalue weighted by molar-refractivity contribution is 0.0951. The Morgan fingerprint density at radius 1 is 1.04 bits per heavy atom. The van der Waals surface area contributed by atoms with Crippen molar-refractivity contribution in [3.8, 4) is 0 Å². The van der Waals surface area contributed by atoms with E-state index in [4.69, 9.17) is 5.73 Å². The van der Waals surface area contributed by atoms with Gasteiger partial charge in [0.2, 0.25) is 0 Å². The van der Waals surface area contributed by atoms with E-state index >= 15 is 0 Å². The minimum absolute atomic E-state index is 0.0574. The molecule has 6 nitrogen and oxygen atoms in total. The molecule has 1 aliphatic rings. The van der Waals surface area contributed by atoms with E-state index in [0.717, 1.165) is 18.5 Å². The van der Waals surface area contributed by atoms with E-state index in [0.29, 0.717) is 18.7 Å². The van der Waals surface area contributed by atoms with Crippen molar-refractivity contribution in [2.45, 2.75) is 32.2 Å². The Hall–Kier alpha value is -2.08. The molecule has 1 aromatic carbocycles. The lowest BCUT2D eigenvalue weighted by atomic mass is 10.1. The number of likely N-dealkylation sites (tertiary alicyclic amines) is 1. The smallest absolute Gasteiger partial charge is 0.312 e. The first kappa shape index (κ1) is 17.3. The fraction of sp³-hybridized carbons (Fsp3) is 0.529. The number of rotatable bonds is 7. The maximum atomic E-state index is 12.1. The molecule has 0 unspecified atom stereocenters. The molecule has 1 aromatic rings. The van der Waals surface area contributed by atoms with Crippen molar-refractivity contribution in [1.82, 2.24) is 15.5 Å². The maximum Gasteiger partial charge on any atom is 0.312 e. The summed E-state index contributed by atoms with van der Waals surface area (Å²) in [5, 5.41) is 5.47. The maximum absolute atomic E-state index is 12.1. The molecule has 1 aliphatic heterocycles. The summed E-state index contributed by atoms with van der Waals surface area (Å²) in [6.07, 6.45) is 4.91. The van der Waals surface area contributed by atoms with Crippen molar-refractivity contribution in [2.24, 2.45) is 5.73 Å². The highest BCUT2D eigenvalue weighted by Crippen LogP contribution is 2.08. The van der Waals surface area contributed by atoms with Crippen LogP contribution in [0.5, 0.6) is 0 Å². The van der Waals surface area contributed by atoms with E-state index < -0.39 is 6.03 Å². The second kappa shape index (κ2) is 9.15. The van der Waals surface area contributed by atoms with Crippen molar-refractivity contribution in [3.63, 3.8) is 0 Å². The Kier molecular flexibility index (Phi) is 6.87. The zero-order valence-corrected chi connectivity index (χ0v) is 13.5. The largest absolute Gasteiger partial charge is 0.352 e. The summed E-state index contributed by atoms with van der Waals surface area (Å²) in [6, 6.07) is 6.60. The molecule has 3 amide bonds. The van der Waals surface area contributed by atoms with Crippen LogP contribution in [0.15, 0.2) is 24.3 Å². The standard InChI is InChI=1S/C17H26N4O2/c18-17(23)20-13-14-5-7-15(8-6-14)16(22)19-9-4-12-21-10-2-1-3-11-21/h5-8H,1-4,9-13H2,(H,19,22)(H3,18,20,23). The number of hydrogen-bond acceptors (Lipinski definition) is 3. The molecular formula is C17H26N4O2. The summed E-state index contributed by atoms with van der Waals surface area (Å²) in [6.45, 7) is 4.49. The number of amides is 3. The predicted octanol–water partition coefficient (Wildman–Crippen LogP) is 1.46. The molecule has 126 valence electrons. The minimum atomic E-state index is -0.555. The van der Waals surface area contributed by atoms with Crippen molar-refractivity contribution in [3.05, 3.63) is 35.4 Å². The Labute approximate surface area is 137 Å². The van der Waals surface area contributed by atoms with Crippen LogP contribution in [0.1, 0.15) is 41.6 Å². The van der Waals surface area contributed by atoms with Gasteiger partial charge >= 0.3 is 6.03 Å². The molecule has 2 rings (SSSR count).